The number of hydrogen-bond acceptors (Lipinski definition) is 0. The lowest BCUT2D eigenvalue weighted by molar-refractivity contribution is 0.372. The Morgan fingerprint density at radius 1 is 0.117 bits per heavy atom. The molecule has 315 valence electrons. The molecule has 0 N–H and O–H groups in total. The molecule has 0 saturated heterocycles. The van der Waals surface area contributed by atoms with Gasteiger partial charge in [-0.15, -0.1) is 0 Å². The van der Waals surface area contributed by atoms with Crippen molar-refractivity contribution in [3.05, 3.63) is 179 Å². The Labute approximate surface area is 311 Å². The second-order valence-corrected chi connectivity index (χ2v) is 11.6. The number of rotatable bonds is 5. The highest BCUT2D eigenvalue weighted by Crippen LogP contribution is 2.62. The fourth-order valence-corrected chi connectivity index (χ4v) is 6.00. The highest BCUT2D eigenvalue weighted by molar-refractivity contribution is 6.34. The first-order chi connectivity index (χ1) is 27.8. The van der Waals surface area contributed by atoms with E-state index in [1.165, 1.54) is 0 Å². The van der Waals surface area contributed by atoms with E-state index in [4.69, 9.17) is 0 Å². The Hall–Kier alpha value is -6.17. The van der Waals surface area contributed by atoms with Crippen molar-refractivity contribution in [3.8, 4) is 0 Å². The molecule has 0 unspecified atom stereocenters. The standard InChI is InChI=1S/C35F25/c36-11-6(12(37)22(47)31(56)21(11)46)1-2(7-13(38)23(48)32(57)24(49)14(7)39)4(9-17(42)27(52)34(59)28(53)18(9)43)5(10-19(44)29(54)35(60)30(55)20(10)45)3(1)8-15(40)25(50)33(58)26(51)16(8)41. The van der Waals surface area contributed by atoms with Gasteiger partial charge in [-0.25, -0.2) is 110 Å². The predicted molar refractivity (Wildman–Crippen MR) is 147 cm³/mol. The van der Waals surface area contributed by atoms with Crippen LogP contribution in [0.25, 0.3) is 22.3 Å². The zero-order chi connectivity index (χ0) is 45.2. The van der Waals surface area contributed by atoms with Crippen molar-refractivity contribution >= 4 is 22.3 Å². The number of allylic oxidation sites excluding steroid dienone is 4. The molecule has 1 aliphatic carbocycles. The molecule has 60 heavy (non-hydrogen) atoms. The summed E-state index contributed by atoms with van der Waals surface area (Å²) >= 11 is 0. The molecule has 0 spiro atoms. The van der Waals surface area contributed by atoms with Crippen LogP contribution in [0.1, 0.15) is 27.8 Å². The van der Waals surface area contributed by atoms with Gasteiger partial charge >= 0.3 is 0 Å². The van der Waals surface area contributed by atoms with Crippen LogP contribution in [-0.2, 0) is 0 Å². The second-order valence-electron chi connectivity index (χ2n) is 11.6. The van der Waals surface area contributed by atoms with Gasteiger partial charge in [0.05, 0.1) is 28.2 Å². The number of benzene rings is 5. The maximum absolute atomic E-state index is 15.8. The van der Waals surface area contributed by atoms with Crippen LogP contribution in [0.2, 0.25) is 0 Å². The largest absolute Gasteiger partial charge is 0.203 e. The molecule has 5 aromatic carbocycles. The van der Waals surface area contributed by atoms with Gasteiger partial charge in [0.2, 0.25) is 29.1 Å². The maximum Gasteiger partial charge on any atom is 0.200 e. The molecule has 6 rings (SSSR count). The zero-order valence-electron chi connectivity index (χ0n) is 26.9. The highest BCUT2D eigenvalue weighted by Gasteiger charge is 2.51. The molecule has 0 aliphatic heterocycles. The minimum atomic E-state index is -3.57. The van der Waals surface area contributed by atoms with Crippen LogP contribution in [0.15, 0.2) is 0 Å². The Morgan fingerprint density at radius 3 is 0.400 bits per heavy atom. The van der Waals surface area contributed by atoms with Crippen molar-refractivity contribution in [2.75, 3.05) is 0 Å². The summed E-state index contributed by atoms with van der Waals surface area (Å²) in [4.78, 5) is 0. The topological polar surface area (TPSA) is 0 Å². The van der Waals surface area contributed by atoms with Crippen LogP contribution in [0.3, 0.4) is 0 Å². The number of hydrogen-bond donors (Lipinski definition) is 0. The minimum Gasteiger partial charge on any atom is -0.203 e. The van der Waals surface area contributed by atoms with Gasteiger partial charge in [0, 0.05) is 16.7 Å². The fraction of sp³-hybridized carbons (Fsp3) is 0. The predicted octanol–water partition coefficient (Wildman–Crippen LogP) is 12.3. The summed E-state index contributed by atoms with van der Waals surface area (Å²) in [5.74, 6) is -90.4. The molecule has 25 heteroatoms. The van der Waals surface area contributed by atoms with E-state index in [1.807, 2.05) is 0 Å². The Kier molecular flexibility index (Phi) is 10.5. The third-order valence-electron chi connectivity index (χ3n) is 8.55. The summed E-state index contributed by atoms with van der Waals surface area (Å²) in [6.45, 7) is 0. The molecule has 0 nitrogen and oxygen atoms in total. The average Bonchev–Trinajstić information content (AvgIpc) is 3.52. The maximum atomic E-state index is 15.8. The Balaban J connectivity index is 2.17. The Morgan fingerprint density at radius 2 is 0.233 bits per heavy atom. The molecule has 0 atom stereocenters. The normalized spacial score (nSPS) is 13.6. The zero-order valence-corrected chi connectivity index (χ0v) is 26.9. The van der Waals surface area contributed by atoms with E-state index < -0.39 is 201 Å². The summed E-state index contributed by atoms with van der Waals surface area (Å²) in [5, 5.41) is 0. The van der Waals surface area contributed by atoms with Crippen molar-refractivity contribution in [3.63, 3.8) is 0 Å². The van der Waals surface area contributed by atoms with Gasteiger partial charge in [0.25, 0.3) is 0 Å². The van der Waals surface area contributed by atoms with E-state index in [0.29, 0.717) is 0 Å². The lowest BCUT2D eigenvalue weighted by Gasteiger charge is -2.24. The summed E-state index contributed by atoms with van der Waals surface area (Å²) < 4.78 is 378. The molecule has 0 heterocycles. The van der Waals surface area contributed by atoms with Crippen LogP contribution < -0.4 is 0 Å². The van der Waals surface area contributed by atoms with E-state index in [1.54, 1.807) is 0 Å². The van der Waals surface area contributed by atoms with Crippen LogP contribution in [0.4, 0.5) is 110 Å². The molecule has 0 aromatic heterocycles. The average molecular weight is 895 g/mol. The molecule has 0 amide bonds. The molecule has 1 radical (unpaired) electrons. The van der Waals surface area contributed by atoms with Gasteiger partial charge in [-0.3, -0.25) is 0 Å². The molecule has 0 bridgehead atoms. The SMILES string of the molecule is Fc1c(F)c(F)c([C]2C(c3c(F)c(F)c(F)c(F)c3F)=C(c3c(F)c(F)c(F)c(F)c3F)C(c3c(F)c(F)c(F)c(F)c3F)=C2c2c(F)c(F)c(F)c(F)c2F)c(F)c1F. The monoisotopic (exact) mass is 895 g/mol. The number of halogens is 25. The molecular formula is C35F25. The summed E-state index contributed by atoms with van der Waals surface area (Å²) in [6.07, 6.45) is 0. The summed E-state index contributed by atoms with van der Waals surface area (Å²) in [5.41, 5.74) is -29.2. The van der Waals surface area contributed by atoms with Crippen molar-refractivity contribution in [2.45, 2.75) is 0 Å². The fourth-order valence-electron chi connectivity index (χ4n) is 6.00. The molecule has 1 aliphatic rings. The van der Waals surface area contributed by atoms with E-state index in [2.05, 4.69) is 0 Å². The van der Waals surface area contributed by atoms with Crippen LogP contribution in [0, 0.1) is 151 Å². The highest BCUT2D eigenvalue weighted by atomic mass is 19.2. The Bertz CT molecular complexity index is 2570. The third kappa shape index (κ3) is 5.66. The van der Waals surface area contributed by atoms with Crippen LogP contribution in [-0.4, -0.2) is 0 Å². The van der Waals surface area contributed by atoms with Gasteiger partial charge in [-0.2, -0.15) is 0 Å². The molecule has 5 aromatic rings. The molecule has 0 fully saturated rings. The van der Waals surface area contributed by atoms with E-state index in [0.717, 1.165) is 0 Å². The first kappa shape index (κ1) is 43.4. The van der Waals surface area contributed by atoms with Gasteiger partial charge in [-0.05, 0) is 11.1 Å². The third-order valence-corrected chi connectivity index (χ3v) is 8.55. The van der Waals surface area contributed by atoms with E-state index in [9.17, 15) is 65.9 Å². The smallest absolute Gasteiger partial charge is 0.200 e. The van der Waals surface area contributed by atoms with Crippen molar-refractivity contribution < 1.29 is 110 Å². The molecular weight excluding hydrogens is 895 g/mol. The lowest BCUT2D eigenvalue weighted by atomic mass is 9.79. The van der Waals surface area contributed by atoms with Crippen LogP contribution >= 0.6 is 0 Å². The first-order valence-electron chi connectivity index (χ1n) is 14.7. The van der Waals surface area contributed by atoms with Crippen molar-refractivity contribution in [1.82, 2.24) is 0 Å². The minimum absolute atomic E-state index is 3.20. The van der Waals surface area contributed by atoms with Gasteiger partial charge < -0.3 is 0 Å². The van der Waals surface area contributed by atoms with E-state index in [-0.39, 0.29) is 0 Å². The van der Waals surface area contributed by atoms with Gasteiger partial charge in [-0.1, -0.05) is 0 Å². The van der Waals surface area contributed by atoms with Crippen LogP contribution in [0.5, 0.6) is 0 Å². The lowest BCUT2D eigenvalue weighted by Crippen LogP contribution is -2.18. The summed E-state index contributed by atoms with van der Waals surface area (Å²) in [6, 6.07) is 0. The van der Waals surface area contributed by atoms with Gasteiger partial charge in [0.1, 0.15) is 0 Å². The first-order valence-corrected chi connectivity index (χ1v) is 14.7. The second kappa shape index (κ2) is 14.5. The summed E-state index contributed by atoms with van der Waals surface area (Å²) in [7, 11) is 0. The van der Waals surface area contributed by atoms with Gasteiger partial charge in [0.15, 0.2) is 116 Å². The van der Waals surface area contributed by atoms with Crippen molar-refractivity contribution in [2.24, 2.45) is 0 Å². The van der Waals surface area contributed by atoms with E-state index >= 15 is 43.9 Å². The quantitative estimate of drug-likeness (QED) is 0.0937. The molecule has 0 saturated carbocycles. The van der Waals surface area contributed by atoms with Crippen molar-refractivity contribution in [1.29, 1.82) is 0 Å².